The molecule has 0 aliphatic carbocycles. The smallest absolute Gasteiger partial charge is 0.249 e. The number of halogens is 1. The van der Waals surface area contributed by atoms with Gasteiger partial charge in [0.05, 0.1) is 0 Å². The number of hydrogen-bond acceptors (Lipinski definition) is 6. The van der Waals surface area contributed by atoms with Crippen LogP contribution in [0.1, 0.15) is 27.0 Å². The SMILES string of the molecule is Cc1c(Nc2ncnc(N3CCc4cc(Br)ccc4C3)n2)cccc1C(N)=O. The molecule has 0 atom stereocenters. The van der Waals surface area contributed by atoms with Gasteiger partial charge in [0, 0.05) is 28.8 Å². The van der Waals surface area contributed by atoms with E-state index in [4.69, 9.17) is 5.73 Å². The zero-order valence-corrected chi connectivity index (χ0v) is 16.9. The summed E-state index contributed by atoms with van der Waals surface area (Å²) in [6.45, 7) is 3.43. The standard InChI is InChI=1S/C20H19BrN6O/c1-12-16(18(22)28)3-2-4-17(12)25-19-23-11-24-20(26-19)27-8-7-13-9-15(21)6-5-14(13)10-27/h2-6,9,11H,7-8,10H2,1H3,(H2,22,28)(H,23,24,25,26). The molecule has 1 aliphatic rings. The van der Waals surface area contributed by atoms with Crippen LogP contribution in [0.2, 0.25) is 0 Å². The summed E-state index contributed by atoms with van der Waals surface area (Å²) >= 11 is 3.53. The van der Waals surface area contributed by atoms with Gasteiger partial charge in [-0.05, 0) is 54.3 Å². The van der Waals surface area contributed by atoms with Crippen LogP contribution in [0.5, 0.6) is 0 Å². The van der Waals surface area contributed by atoms with Crippen molar-refractivity contribution in [3.63, 3.8) is 0 Å². The van der Waals surface area contributed by atoms with E-state index >= 15 is 0 Å². The number of rotatable bonds is 4. The van der Waals surface area contributed by atoms with Crippen molar-refractivity contribution in [1.82, 2.24) is 15.0 Å². The molecule has 0 saturated heterocycles. The molecule has 8 heteroatoms. The molecule has 1 aliphatic heterocycles. The normalized spacial score (nSPS) is 13.1. The molecule has 0 fully saturated rings. The van der Waals surface area contributed by atoms with Crippen molar-refractivity contribution in [2.24, 2.45) is 5.73 Å². The molecule has 4 rings (SSSR count). The second-order valence-corrected chi connectivity index (χ2v) is 7.58. The number of benzene rings is 2. The maximum absolute atomic E-state index is 11.6. The number of amides is 1. The molecule has 3 N–H and O–H groups in total. The molecular weight excluding hydrogens is 420 g/mol. The van der Waals surface area contributed by atoms with Gasteiger partial charge in [-0.25, -0.2) is 9.97 Å². The van der Waals surface area contributed by atoms with Gasteiger partial charge in [-0.3, -0.25) is 4.79 Å². The third-order valence-corrected chi connectivity index (χ3v) is 5.36. The van der Waals surface area contributed by atoms with Crippen LogP contribution in [0.3, 0.4) is 0 Å². The van der Waals surface area contributed by atoms with E-state index in [9.17, 15) is 4.79 Å². The number of aromatic nitrogens is 3. The molecular formula is C20H19BrN6O. The number of fused-ring (bicyclic) bond motifs is 1. The van der Waals surface area contributed by atoms with Gasteiger partial charge < -0.3 is 16.0 Å². The number of anilines is 3. The van der Waals surface area contributed by atoms with Crippen LogP contribution < -0.4 is 16.0 Å². The Morgan fingerprint density at radius 3 is 2.89 bits per heavy atom. The fourth-order valence-corrected chi connectivity index (χ4v) is 3.76. The number of hydrogen-bond donors (Lipinski definition) is 2. The van der Waals surface area contributed by atoms with E-state index in [0.29, 0.717) is 17.5 Å². The lowest BCUT2D eigenvalue weighted by atomic mass is 10.0. The molecule has 0 saturated carbocycles. The van der Waals surface area contributed by atoms with Crippen molar-refractivity contribution in [1.29, 1.82) is 0 Å². The average molecular weight is 439 g/mol. The summed E-state index contributed by atoms with van der Waals surface area (Å²) in [7, 11) is 0. The molecule has 2 heterocycles. The van der Waals surface area contributed by atoms with Crippen molar-refractivity contribution in [2.75, 3.05) is 16.8 Å². The number of carbonyl (C=O) groups is 1. The summed E-state index contributed by atoms with van der Waals surface area (Å²) in [6, 6.07) is 11.7. The molecule has 0 unspecified atom stereocenters. The average Bonchev–Trinajstić information content (AvgIpc) is 2.69. The van der Waals surface area contributed by atoms with Gasteiger partial charge in [-0.15, -0.1) is 0 Å². The van der Waals surface area contributed by atoms with E-state index in [2.05, 4.69) is 59.3 Å². The van der Waals surface area contributed by atoms with E-state index < -0.39 is 5.91 Å². The third-order valence-electron chi connectivity index (χ3n) is 4.87. The van der Waals surface area contributed by atoms with Gasteiger partial charge >= 0.3 is 0 Å². The second kappa shape index (κ2) is 7.55. The van der Waals surface area contributed by atoms with E-state index in [0.717, 1.165) is 35.2 Å². The van der Waals surface area contributed by atoms with Crippen LogP contribution in [-0.2, 0) is 13.0 Å². The van der Waals surface area contributed by atoms with Crippen LogP contribution >= 0.6 is 15.9 Å². The van der Waals surface area contributed by atoms with Gasteiger partial charge in [-0.2, -0.15) is 4.98 Å². The van der Waals surface area contributed by atoms with E-state index in [-0.39, 0.29) is 0 Å². The molecule has 142 valence electrons. The lowest BCUT2D eigenvalue weighted by Gasteiger charge is -2.29. The number of nitrogens with zero attached hydrogens (tertiary/aromatic N) is 4. The summed E-state index contributed by atoms with van der Waals surface area (Å²) in [5, 5.41) is 3.17. The summed E-state index contributed by atoms with van der Waals surface area (Å²) < 4.78 is 1.10. The van der Waals surface area contributed by atoms with Crippen LogP contribution in [-0.4, -0.2) is 27.4 Å². The number of nitrogens with one attached hydrogen (secondary N) is 1. The minimum Gasteiger partial charge on any atom is -0.366 e. The maximum Gasteiger partial charge on any atom is 0.249 e. The summed E-state index contributed by atoms with van der Waals surface area (Å²) in [4.78, 5) is 26.8. The Morgan fingerprint density at radius 1 is 1.21 bits per heavy atom. The molecule has 3 aromatic rings. The fraction of sp³-hybridized carbons (Fsp3) is 0.200. The Balaban J connectivity index is 1.57. The Bertz CT molecular complexity index is 1050. The lowest BCUT2D eigenvalue weighted by Crippen LogP contribution is -2.32. The molecule has 0 spiro atoms. The third kappa shape index (κ3) is 3.68. The molecule has 0 radical (unpaired) electrons. The quantitative estimate of drug-likeness (QED) is 0.647. The monoisotopic (exact) mass is 438 g/mol. The largest absolute Gasteiger partial charge is 0.366 e. The van der Waals surface area contributed by atoms with Crippen molar-refractivity contribution in [3.8, 4) is 0 Å². The minimum absolute atomic E-state index is 0.427. The number of primary amides is 1. The minimum atomic E-state index is -0.462. The molecule has 28 heavy (non-hydrogen) atoms. The maximum atomic E-state index is 11.6. The van der Waals surface area contributed by atoms with Crippen LogP contribution in [0, 0.1) is 6.92 Å². The Hall–Kier alpha value is -3.00. The highest BCUT2D eigenvalue weighted by molar-refractivity contribution is 9.10. The molecule has 1 amide bonds. The zero-order chi connectivity index (χ0) is 19.7. The first kappa shape index (κ1) is 18.4. The van der Waals surface area contributed by atoms with Gasteiger partial charge in [0.2, 0.25) is 17.8 Å². The molecule has 7 nitrogen and oxygen atoms in total. The van der Waals surface area contributed by atoms with E-state index in [1.54, 1.807) is 12.1 Å². The number of nitrogens with two attached hydrogens (primary N) is 1. The van der Waals surface area contributed by atoms with Gasteiger partial charge in [-0.1, -0.05) is 28.1 Å². The van der Waals surface area contributed by atoms with Crippen molar-refractivity contribution in [3.05, 3.63) is 69.5 Å². The summed E-state index contributed by atoms with van der Waals surface area (Å²) in [5.74, 6) is 0.585. The van der Waals surface area contributed by atoms with Crippen molar-refractivity contribution >= 4 is 39.4 Å². The van der Waals surface area contributed by atoms with Crippen molar-refractivity contribution < 1.29 is 4.79 Å². The Kier molecular flexibility index (Phi) is 4.95. The molecule has 0 bridgehead atoms. The van der Waals surface area contributed by atoms with Crippen LogP contribution in [0.25, 0.3) is 0 Å². The van der Waals surface area contributed by atoms with Crippen LogP contribution in [0.15, 0.2) is 47.2 Å². The molecule has 1 aromatic heterocycles. The zero-order valence-electron chi connectivity index (χ0n) is 15.3. The highest BCUT2D eigenvalue weighted by Gasteiger charge is 2.19. The van der Waals surface area contributed by atoms with Gasteiger partial charge in [0.15, 0.2) is 0 Å². The van der Waals surface area contributed by atoms with Gasteiger partial charge in [0.1, 0.15) is 6.33 Å². The first-order valence-corrected chi connectivity index (χ1v) is 9.68. The first-order chi connectivity index (χ1) is 13.5. The second-order valence-electron chi connectivity index (χ2n) is 6.66. The Labute approximate surface area is 171 Å². The predicted molar refractivity (Wildman–Crippen MR) is 112 cm³/mol. The summed E-state index contributed by atoms with van der Waals surface area (Å²) in [5.41, 5.74) is 10.0. The van der Waals surface area contributed by atoms with Crippen molar-refractivity contribution in [2.45, 2.75) is 19.9 Å². The summed E-state index contributed by atoms with van der Waals surface area (Å²) in [6.07, 6.45) is 2.43. The lowest BCUT2D eigenvalue weighted by molar-refractivity contribution is 0.1000. The topological polar surface area (TPSA) is 97.0 Å². The van der Waals surface area contributed by atoms with Crippen LogP contribution in [0.4, 0.5) is 17.6 Å². The number of carbonyl (C=O) groups excluding carboxylic acids is 1. The fourth-order valence-electron chi connectivity index (χ4n) is 3.35. The highest BCUT2D eigenvalue weighted by atomic mass is 79.9. The first-order valence-electron chi connectivity index (χ1n) is 8.89. The Morgan fingerprint density at radius 2 is 2.07 bits per heavy atom. The molecule has 2 aromatic carbocycles. The highest BCUT2D eigenvalue weighted by Crippen LogP contribution is 2.26. The van der Waals surface area contributed by atoms with Gasteiger partial charge in [0.25, 0.3) is 0 Å². The van der Waals surface area contributed by atoms with E-state index in [1.807, 2.05) is 13.0 Å². The van der Waals surface area contributed by atoms with E-state index in [1.165, 1.54) is 17.5 Å². The predicted octanol–water partition coefficient (Wildman–Crippen LogP) is 3.35.